The van der Waals surface area contributed by atoms with E-state index in [1.165, 1.54) is 32.1 Å². The molecule has 0 heterocycles. The number of hydrogen-bond acceptors (Lipinski definition) is 1. The zero-order chi connectivity index (χ0) is 11.5. The summed E-state index contributed by atoms with van der Waals surface area (Å²) in [5.41, 5.74) is 0. The van der Waals surface area contributed by atoms with Crippen molar-refractivity contribution in [1.82, 2.24) is 0 Å². The molecule has 0 aromatic carbocycles. The van der Waals surface area contributed by atoms with Gasteiger partial charge in [0.2, 0.25) is 0 Å². The van der Waals surface area contributed by atoms with Gasteiger partial charge in [0.25, 0.3) is 0 Å². The molecule has 0 rings (SSSR count). The van der Waals surface area contributed by atoms with Gasteiger partial charge in [-0.2, -0.15) is 0 Å². The molecule has 0 saturated heterocycles. The minimum absolute atomic E-state index is 0.548. The Bertz CT molecular complexity index is 155. The van der Waals surface area contributed by atoms with Gasteiger partial charge in [0.15, 0.2) is 0 Å². The number of unbranched alkanes of at least 4 members (excludes halogenated alkanes) is 5. The van der Waals surface area contributed by atoms with Crippen LogP contribution < -0.4 is 0 Å². The van der Waals surface area contributed by atoms with Crippen molar-refractivity contribution in [2.45, 2.75) is 65.7 Å². The maximum absolute atomic E-state index is 11.5. The van der Waals surface area contributed by atoms with Crippen LogP contribution in [-0.2, 0) is 10.8 Å². The lowest BCUT2D eigenvalue weighted by Crippen LogP contribution is -2.05. The maximum Gasteiger partial charge on any atom is 0.0237 e. The molecule has 0 radical (unpaired) electrons. The van der Waals surface area contributed by atoms with Crippen LogP contribution in [0, 0.1) is 5.92 Å². The van der Waals surface area contributed by atoms with Crippen molar-refractivity contribution in [3.63, 3.8) is 0 Å². The highest BCUT2D eigenvalue weighted by Crippen LogP contribution is 2.07. The van der Waals surface area contributed by atoms with Crippen LogP contribution in [0.4, 0.5) is 0 Å². The van der Waals surface area contributed by atoms with Crippen LogP contribution in [-0.4, -0.2) is 15.7 Å². The van der Waals surface area contributed by atoms with Crippen molar-refractivity contribution in [2.24, 2.45) is 5.92 Å². The molecule has 0 fully saturated rings. The van der Waals surface area contributed by atoms with Gasteiger partial charge in [-0.25, -0.2) is 0 Å². The third kappa shape index (κ3) is 12.1. The molecule has 0 aliphatic heterocycles. The summed E-state index contributed by atoms with van der Waals surface area (Å²) < 4.78 is 11.5. The third-order valence-corrected chi connectivity index (χ3v) is 4.08. The summed E-state index contributed by atoms with van der Waals surface area (Å²) in [6.45, 7) is 6.63. The van der Waals surface area contributed by atoms with E-state index in [1.54, 1.807) is 0 Å². The SMILES string of the molecule is CCCCCCCCS(=O)CCC(C)C. The summed E-state index contributed by atoms with van der Waals surface area (Å²) in [5.74, 6) is 2.53. The van der Waals surface area contributed by atoms with E-state index in [9.17, 15) is 4.21 Å². The second-order valence-electron chi connectivity index (χ2n) is 4.80. The standard InChI is InChI=1S/C13H28OS/c1-4-5-6-7-8-9-11-15(14)12-10-13(2)3/h13H,4-12H2,1-3H3. The molecular weight excluding hydrogens is 204 g/mol. The molecule has 0 aromatic heterocycles. The molecule has 0 bridgehead atoms. The Hall–Kier alpha value is 0.150. The summed E-state index contributed by atoms with van der Waals surface area (Å²) in [6.07, 6.45) is 8.89. The molecule has 1 nitrogen and oxygen atoms in total. The fourth-order valence-corrected chi connectivity index (χ4v) is 2.98. The van der Waals surface area contributed by atoms with Gasteiger partial charge in [-0.15, -0.1) is 0 Å². The fourth-order valence-electron chi connectivity index (χ4n) is 1.51. The molecule has 92 valence electrons. The van der Waals surface area contributed by atoms with E-state index < -0.39 is 10.8 Å². The number of rotatable bonds is 10. The van der Waals surface area contributed by atoms with E-state index in [4.69, 9.17) is 0 Å². The molecule has 0 aliphatic carbocycles. The smallest absolute Gasteiger partial charge is 0.0237 e. The molecule has 0 aromatic rings. The zero-order valence-corrected chi connectivity index (χ0v) is 11.6. The quantitative estimate of drug-likeness (QED) is 0.517. The Morgan fingerprint density at radius 1 is 0.933 bits per heavy atom. The van der Waals surface area contributed by atoms with Crippen LogP contribution in [0.5, 0.6) is 0 Å². The average Bonchev–Trinajstić information content (AvgIpc) is 2.20. The first-order valence-electron chi connectivity index (χ1n) is 6.51. The molecule has 2 heteroatoms. The molecule has 0 amide bonds. The van der Waals surface area contributed by atoms with E-state index in [0.29, 0.717) is 5.92 Å². The molecule has 1 atom stereocenters. The van der Waals surface area contributed by atoms with Crippen LogP contribution in [0.25, 0.3) is 0 Å². The van der Waals surface area contributed by atoms with Crippen LogP contribution in [0.15, 0.2) is 0 Å². The number of hydrogen-bond donors (Lipinski definition) is 0. The molecule has 0 spiro atoms. The highest BCUT2D eigenvalue weighted by molar-refractivity contribution is 7.84. The predicted molar refractivity (Wildman–Crippen MR) is 70.7 cm³/mol. The Kier molecular flexibility index (Phi) is 10.8. The molecule has 0 N–H and O–H groups in total. The second kappa shape index (κ2) is 10.7. The van der Waals surface area contributed by atoms with Gasteiger partial charge >= 0.3 is 0 Å². The van der Waals surface area contributed by atoms with E-state index in [0.717, 1.165) is 24.3 Å². The third-order valence-electron chi connectivity index (χ3n) is 2.65. The Morgan fingerprint density at radius 2 is 1.53 bits per heavy atom. The van der Waals surface area contributed by atoms with E-state index in [2.05, 4.69) is 20.8 Å². The van der Waals surface area contributed by atoms with Gasteiger partial charge in [-0.1, -0.05) is 52.9 Å². The second-order valence-corrected chi connectivity index (χ2v) is 6.49. The van der Waals surface area contributed by atoms with E-state index in [1.807, 2.05) is 0 Å². The van der Waals surface area contributed by atoms with Gasteiger partial charge < -0.3 is 0 Å². The zero-order valence-electron chi connectivity index (χ0n) is 10.8. The highest BCUT2D eigenvalue weighted by Gasteiger charge is 2.01. The minimum atomic E-state index is -0.548. The summed E-state index contributed by atoms with van der Waals surface area (Å²) in [4.78, 5) is 0. The minimum Gasteiger partial charge on any atom is -0.260 e. The molecule has 0 aliphatic rings. The summed E-state index contributed by atoms with van der Waals surface area (Å²) in [5, 5.41) is 0. The normalized spacial score (nSPS) is 13.3. The van der Waals surface area contributed by atoms with Gasteiger partial charge in [0.05, 0.1) is 0 Å². The van der Waals surface area contributed by atoms with E-state index >= 15 is 0 Å². The van der Waals surface area contributed by atoms with E-state index in [-0.39, 0.29) is 0 Å². The first kappa shape index (κ1) is 15.2. The summed E-state index contributed by atoms with van der Waals surface area (Å²) in [6, 6.07) is 0. The van der Waals surface area contributed by atoms with Crippen molar-refractivity contribution in [1.29, 1.82) is 0 Å². The lowest BCUT2D eigenvalue weighted by molar-refractivity contribution is 0.610. The lowest BCUT2D eigenvalue weighted by Gasteiger charge is -2.04. The highest BCUT2D eigenvalue weighted by atomic mass is 32.2. The van der Waals surface area contributed by atoms with Crippen LogP contribution in [0.3, 0.4) is 0 Å². The van der Waals surface area contributed by atoms with Gasteiger partial charge in [0.1, 0.15) is 0 Å². The molecule has 15 heavy (non-hydrogen) atoms. The van der Waals surface area contributed by atoms with Crippen LogP contribution in [0.2, 0.25) is 0 Å². The first-order valence-corrected chi connectivity index (χ1v) is 8.00. The predicted octanol–water partition coefficient (Wildman–Crippen LogP) is 4.14. The molecule has 0 saturated carbocycles. The summed E-state index contributed by atoms with van der Waals surface area (Å²) >= 11 is 0. The first-order chi connectivity index (χ1) is 7.16. The Morgan fingerprint density at radius 3 is 2.13 bits per heavy atom. The lowest BCUT2D eigenvalue weighted by atomic mass is 10.1. The largest absolute Gasteiger partial charge is 0.260 e. The monoisotopic (exact) mass is 232 g/mol. The Labute approximate surface area is 98.5 Å². The molecular formula is C13H28OS. The van der Waals surface area contributed by atoms with Crippen molar-refractivity contribution in [2.75, 3.05) is 11.5 Å². The van der Waals surface area contributed by atoms with Crippen molar-refractivity contribution in [3.8, 4) is 0 Å². The van der Waals surface area contributed by atoms with Crippen LogP contribution >= 0.6 is 0 Å². The molecule has 1 unspecified atom stereocenters. The van der Waals surface area contributed by atoms with Gasteiger partial charge in [0, 0.05) is 22.3 Å². The Balaban J connectivity index is 3.17. The van der Waals surface area contributed by atoms with Gasteiger partial charge in [-0.05, 0) is 18.8 Å². The summed E-state index contributed by atoms with van der Waals surface area (Å²) in [7, 11) is -0.548. The maximum atomic E-state index is 11.5. The van der Waals surface area contributed by atoms with Crippen molar-refractivity contribution in [3.05, 3.63) is 0 Å². The van der Waals surface area contributed by atoms with Crippen molar-refractivity contribution < 1.29 is 4.21 Å². The van der Waals surface area contributed by atoms with Crippen molar-refractivity contribution >= 4 is 10.8 Å². The average molecular weight is 232 g/mol. The fraction of sp³-hybridized carbons (Fsp3) is 1.00. The van der Waals surface area contributed by atoms with Gasteiger partial charge in [-0.3, -0.25) is 4.21 Å². The van der Waals surface area contributed by atoms with Crippen LogP contribution in [0.1, 0.15) is 65.7 Å². The topological polar surface area (TPSA) is 17.1 Å².